The summed E-state index contributed by atoms with van der Waals surface area (Å²) in [6.07, 6.45) is 4.94. The van der Waals surface area contributed by atoms with Crippen molar-refractivity contribution in [3.05, 3.63) is 65.6 Å². The van der Waals surface area contributed by atoms with Crippen LogP contribution in [0.15, 0.2) is 84.7 Å². The van der Waals surface area contributed by atoms with Crippen molar-refractivity contribution in [2.45, 2.75) is 54.9 Å². The number of nitrogens with one attached hydrogen (secondary N) is 2. The van der Waals surface area contributed by atoms with E-state index >= 15 is 0 Å². The van der Waals surface area contributed by atoms with Gasteiger partial charge in [0, 0.05) is 23.6 Å². The van der Waals surface area contributed by atoms with Crippen LogP contribution in [0.5, 0.6) is 0 Å². The summed E-state index contributed by atoms with van der Waals surface area (Å²) in [5.41, 5.74) is 0.412. The summed E-state index contributed by atoms with van der Waals surface area (Å²) < 4.78 is 90.2. The molecule has 1 aliphatic carbocycles. The first kappa shape index (κ1) is 36.2. The van der Waals surface area contributed by atoms with Crippen LogP contribution < -0.4 is 10.6 Å². The van der Waals surface area contributed by atoms with Crippen LogP contribution in [0.1, 0.15) is 43.2 Å². The van der Waals surface area contributed by atoms with Gasteiger partial charge in [0.25, 0.3) is 20.2 Å². The summed E-state index contributed by atoms with van der Waals surface area (Å²) in [5, 5.41) is 33.2. The van der Waals surface area contributed by atoms with E-state index in [4.69, 9.17) is 4.55 Å². The maximum absolute atomic E-state index is 12.3. The number of hydrogen-bond acceptors (Lipinski definition) is 14. The fourth-order valence-electron chi connectivity index (χ4n) is 4.77. The molecular weight excluding hydrogens is 685 g/mol. The first-order valence-electron chi connectivity index (χ1n) is 14.4. The van der Waals surface area contributed by atoms with E-state index in [0.29, 0.717) is 5.56 Å². The average Bonchev–Trinajstić information content (AvgIpc) is 3.03. The van der Waals surface area contributed by atoms with Crippen molar-refractivity contribution in [2.24, 2.45) is 20.5 Å². The Morgan fingerprint density at radius 3 is 2.17 bits per heavy atom. The fourth-order valence-corrected chi connectivity index (χ4v) is 6.45. The molecule has 0 unspecified atom stereocenters. The zero-order valence-electron chi connectivity index (χ0n) is 25.6. The predicted octanol–water partition coefficient (Wildman–Crippen LogP) is 6.30. The molecule has 0 bridgehead atoms. The van der Waals surface area contributed by atoms with Gasteiger partial charge in [-0.15, -0.1) is 10.2 Å². The molecule has 0 aliphatic heterocycles. The maximum atomic E-state index is 12.3. The molecule has 0 amide bonds. The van der Waals surface area contributed by atoms with Crippen LogP contribution in [-0.2, 0) is 30.1 Å². The topological polar surface area (TPSA) is 253 Å². The van der Waals surface area contributed by atoms with Crippen LogP contribution >= 0.6 is 0 Å². The highest BCUT2D eigenvalue weighted by Gasteiger charge is 2.22. The van der Waals surface area contributed by atoms with Gasteiger partial charge < -0.3 is 10.6 Å². The standard InChI is InChI=1S/C29H32N8O8S3/c1-3-46(38,39)16-15-31-29-27(19(2)24(18-30)28(33-29)32-20-7-5-4-6-8-20)37-36-25-14-11-22(17-26(25)48(43,44)45)35-34-21-9-12-23(13-10-21)47(40,41)42/h3,9-14,17,20H,1,4-8,15-16H2,2H3,(H2,31,32,33)(H,40,41,42)(H,43,44,45)/b35-34+,37-36+. The second-order valence-electron chi connectivity index (χ2n) is 10.7. The zero-order valence-corrected chi connectivity index (χ0v) is 28.1. The molecule has 16 nitrogen and oxygen atoms in total. The minimum atomic E-state index is -4.87. The Hall–Kier alpha value is -4.61. The van der Waals surface area contributed by atoms with Crippen LogP contribution in [0.3, 0.4) is 0 Å². The Labute approximate surface area is 278 Å². The lowest BCUT2D eigenvalue weighted by Crippen LogP contribution is -2.24. The SMILES string of the molecule is C=CS(=O)(=O)CCNc1nc(NC2CCCCC2)c(C#N)c(C)c1/N=N/c1ccc(/N=N/c2ccc(S(=O)(=O)O)cc2)cc1S(=O)(=O)O. The number of aromatic nitrogens is 1. The minimum absolute atomic E-state index is 0.0195. The minimum Gasteiger partial charge on any atom is -0.367 e. The highest BCUT2D eigenvalue weighted by Crippen LogP contribution is 2.37. The number of anilines is 2. The van der Waals surface area contributed by atoms with Crippen LogP contribution in [0.4, 0.5) is 34.4 Å². The quantitative estimate of drug-likeness (QED) is 0.112. The van der Waals surface area contributed by atoms with E-state index in [9.17, 15) is 35.1 Å². The van der Waals surface area contributed by atoms with Crippen molar-refractivity contribution in [1.29, 1.82) is 5.26 Å². The van der Waals surface area contributed by atoms with E-state index in [1.54, 1.807) is 6.92 Å². The smallest absolute Gasteiger partial charge is 0.296 e. The number of sulfone groups is 1. The van der Waals surface area contributed by atoms with E-state index in [1.807, 2.05) is 0 Å². The van der Waals surface area contributed by atoms with E-state index in [2.05, 4.69) is 48.7 Å². The van der Waals surface area contributed by atoms with Crippen molar-refractivity contribution in [3.63, 3.8) is 0 Å². The second kappa shape index (κ2) is 15.1. The number of pyridine rings is 1. The third kappa shape index (κ3) is 9.48. The fraction of sp³-hybridized carbons (Fsp3) is 0.310. The molecule has 0 radical (unpaired) electrons. The third-order valence-electron chi connectivity index (χ3n) is 7.30. The normalized spacial score (nSPS) is 14.6. The number of azo groups is 2. The second-order valence-corrected chi connectivity index (χ2v) is 15.6. The number of nitriles is 1. The molecule has 1 heterocycles. The van der Waals surface area contributed by atoms with Crippen LogP contribution in [0.2, 0.25) is 0 Å². The van der Waals surface area contributed by atoms with Crippen molar-refractivity contribution < 1.29 is 34.4 Å². The molecule has 4 rings (SSSR count). The van der Waals surface area contributed by atoms with Crippen molar-refractivity contribution in [2.75, 3.05) is 22.9 Å². The van der Waals surface area contributed by atoms with Crippen molar-refractivity contribution >= 4 is 64.5 Å². The molecule has 0 atom stereocenters. The van der Waals surface area contributed by atoms with Gasteiger partial charge in [-0.2, -0.15) is 32.3 Å². The number of benzene rings is 2. The Kier molecular flexibility index (Phi) is 11.4. The van der Waals surface area contributed by atoms with Gasteiger partial charge in [-0.25, -0.2) is 13.4 Å². The monoisotopic (exact) mass is 716 g/mol. The average molecular weight is 717 g/mol. The van der Waals surface area contributed by atoms with Crippen molar-refractivity contribution in [3.8, 4) is 6.07 Å². The molecule has 19 heteroatoms. The Morgan fingerprint density at radius 2 is 1.56 bits per heavy atom. The molecule has 1 aliphatic rings. The van der Waals surface area contributed by atoms with Crippen LogP contribution in [0, 0.1) is 18.3 Å². The summed E-state index contributed by atoms with van der Waals surface area (Å²) >= 11 is 0. The molecule has 3 aromatic rings. The number of rotatable bonds is 13. The molecule has 1 aromatic heterocycles. The van der Waals surface area contributed by atoms with Gasteiger partial charge in [-0.1, -0.05) is 25.8 Å². The number of hydrogen-bond donors (Lipinski definition) is 4. The first-order chi connectivity index (χ1) is 22.6. The highest BCUT2D eigenvalue weighted by molar-refractivity contribution is 7.94. The highest BCUT2D eigenvalue weighted by atomic mass is 32.2. The number of nitrogens with zero attached hydrogens (tertiary/aromatic N) is 6. The zero-order chi connectivity index (χ0) is 35.1. The van der Waals surface area contributed by atoms with E-state index in [1.165, 1.54) is 24.3 Å². The molecule has 4 N–H and O–H groups in total. The summed E-state index contributed by atoms with van der Waals surface area (Å²) in [5.74, 6) is 0.0647. The molecule has 1 saturated carbocycles. The lowest BCUT2D eigenvalue weighted by molar-refractivity contribution is 0.462. The Balaban J connectivity index is 1.71. The van der Waals surface area contributed by atoms with Gasteiger partial charge in [0.2, 0.25) is 0 Å². The first-order valence-corrected chi connectivity index (χ1v) is 19.0. The van der Waals surface area contributed by atoms with Gasteiger partial charge in [-0.3, -0.25) is 9.11 Å². The summed E-state index contributed by atoms with van der Waals surface area (Å²) in [6.45, 7) is 4.81. The lowest BCUT2D eigenvalue weighted by Gasteiger charge is -2.25. The molecule has 254 valence electrons. The van der Waals surface area contributed by atoms with Gasteiger partial charge in [0.05, 0.1) is 27.6 Å². The van der Waals surface area contributed by atoms with Crippen molar-refractivity contribution in [1.82, 2.24) is 4.98 Å². The predicted molar refractivity (Wildman–Crippen MR) is 178 cm³/mol. The van der Waals surface area contributed by atoms with Crippen LogP contribution in [0.25, 0.3) is 0 Å². The van der Waals surface area contributed by atoms with Gasteiger partial charge >= 0.3 is 0 Å². The third-order valence-corrected chi connectivity index (χ3v) is 10.3. The molecule has 1 fully saturated rings. The van der Waals surface area contributed by atoms with Gasteiger partial charge in [-0.05, 0) is 62.2 Å². The van der Waals surface area contributed by atoms with Gasteiger partial charge in [0.1, 0.15) is 28.2 Å². The summed E-state index contributed by atoms with van der Waals surface area (Å²) in [6, 6.07) is 10.5. The van der Waals surface area contributed by atoms with E-state index < -0.39 is 35.0 Å². The summed E-state index contributed by atoms with van der Waals surface area (Å²) in [7, 11) is -12.8. The van der Waals surface area contributed by atoms with Gasteiger partial charge in [0.15, 0.2) is 15.7 Å². The lowest BCUT2D eigenvalue weighted by atomic mass is 9.95. The molecular formula is C29H32N8O8S3. The van der Waals surface area contributed by atoms with E-state index in [-0.39, 0.29) is 63.2 Å². The van der Waals surface area contributed by atoms with Crippen LogP contribution in [-0.4, -0.2) is 57.7 Å². The Bertz CT molecular complexity index is 2120. The molecule has 2 aromatic carbocycles. The molecule has 0 spiro atoms. The molecule has 0 saturated heterocycles. The Morgan fingerprint density at radius 1 is 0.917 bits per heavy atom. The maximum Gasteiger partial charge on any atom is 0.296 e. The largest absolute Gasteiger partial charge is 0.367 e. The molecule has 48 heavy (non-hydrogen) atoms. The summed E-state index contributed by atoms with van der Waals surface area (Å²) in [4.78, 5) is 3.53. The van der Waals surface area contributed by atoms with E-state index in [0.717, 1.165) is 55.7 Å².